The Hall–Kier alpha value is -2.29. The van der Waals surface area contributed by atoms with Crippen molar-refractivity contribution in [3.8, 4) is 0 Å². The van der Waals surface area contributed by atoms with E-state index in [1.807, 2.05) is 4.90 Å². The number of hydrogen-bond donors (Lipinski definition) is 2. The van der Waals surface area contributed by atoms with E-state index in [-0.39, 0.29) is 22.6 Å². The van der Waals surface area contributed by atoms with Gasteiger partial charge in [0.05, 0.1) is 31.0 Å². The number of esters is 1. The van der Waals surface area contributed by atoms with Crippen LogP contribution in [0.3, 0.4) is 0 Å². The zero-order valence-electron chi connectivity index (χ0n) is 15.6. The lowest BCUT2D eigenvalue weighted by atomic mass is 9.84. The number of carbonyl (C=O) groups excluding carboxylic acids is 2. The van der Waals surface area contributed by atoms with Crippen LogP contribution < -0.4 is 15.8 Å². The molecule has 4 rings (SSSR count). The van der Waals surface area contributed by atoms with Crippen molar-refractivity contribution >= 4 is 29.4 Å². The minimum Gasteiger partial charge on any atom is -0.469 e. The number of rotatable bonds is 4. The van der Waals surface area contributed by atoms with E-state index in [0.29, 0.717) is 31.6 Å². The molecule has 2 heterocycles. The highest BCUT2D eigenvalue weighted by Gasteiger charge is 2.59. The summed E-state index contributed by atoms with van der Waals surface area (Å²) in [5, 5.41) is 9.15. The van der Waals surface area contributed by atoms with E-state index in [2.05, 4.69) is 15.5 Å². The van der Waals surface area contributed by atoms with Gasteiger partial charge in [0.2, 0.25) is 0 Å². The number of alkyl carbamates (subject to hydrolysis) is 1. The molecular weight excluding hydrogens is 388 g/mol. The number of amides is 1. The summed E-state index contributed by atoms with van der Waals surface area (Å²) in [5.41, 5.74) is -0.762. The highest BCUT2D eigenvalue weighted by molar-refractivity contribution is 6.33. The molecule has 1 saturated heterocycles. The number of ether oxygens (including phenoxy) is 2. The van der Waals surface area contributed by atoms with Gasteiger partial charge in [-0.15, -0.1) is 0 Å². The Labute approximate surface area is 166 Å². The van der Waals surface area contributed by atoms with Crippen LogP contribution >= 0.6 is 11.6 Å². The molecule has 9 nitrogen and oxygen atoms in total. The number of anilines is 1. The van der Waals surface area contributed by atoms with Gasteiger partial charge in [0.15, 0.2) is 0 Å². The van der Waals surface area contributed by atoms with Gasteiger partial charge in [-0.2, -0.15) is 5.10 Å². The lowest BCUT2D eigenvalue weighted by molar-refractivity contribution is -0.152. The van der Waals surface area contributed by atoms with Gasteiger partial charge in [-0.3, -0.25) is 9.59 Å². The Balaban J connectivity index is 1.34. The fraction of sp³-hybridized carbons (Fsp3) is 0.667. The Kier molecular flexibility index (Phi) is 4.73. The van der Waals surface area contributed by atoms with Gasteiger partial charge >= 0.3 is 12.1 Å². The number of aromatic amines is 1. The van der Waals surface area contributed by atoms with Gasteiger partial charge in [0, 0.05) is 18.5 Å². The van der Waals surface area contributed by atoms with Crippen molar-refractivity contribution in [2.75, 3.05) is 25.1 Å². The second kappa shape index (κ2) is 6.95. The number of carbonyl (C=O) groups is 2. The van der Waals surface area contributed by atoms with Crippen molar-refractivity contribution in [3.05, 3.63) is 21.6 Å². The maximum atomic E-state index is 12.5. The van der Waals surface area contributed by atoms with E-state index < -0.39 is 17.1 Å². The third kappa shape index (κ3) is 3.21. The van der Waals surface area contributed by atoms with Crippen LogP contribution in [0.1, 0.15) is 38.5 Å². The molecule has 3 aliphatic rings. The molecule has 0 aromatic carbocycles. The largest absolute Gasteiger partial charge is 0.469 e. The van der Waals surface area contributed by atoms with Crippen LogP contribution in [0.25, 0.3) is 0 Å². The average molecular weight is 411 g/mol. The van der Waals surface area contributed by atoms with Gasteiger partial charge in [0.25, 0.3) is 5.56 Å². The third-order valence-electron chi connectivity index (χ3n) is 6.36. The lowest BCUT2D eigenvalue weighted by Crippen LogP contribution is -2.46. The number of H-pyrrole nitrogens is 1. The van der Waals surface area contributed by atoms with Crippen LogP contribution in [-0.2, 0) is 14.3 Å². The molecule has 1 aliphatic heterocycles. The van der Waals surface area contributed by atoms with Crippen molar-refractivity contribution in [2.24, 2.45) is 5.41 Å². The first-order valence-electron chi connectivity index (χ1n) is 9.42. The Morgan fingerprint density at radius 2 is 2.11 bits per heavy atom. The second-order valence-corrected chi connectivity index (χ2v) is 8.39. The van der Waals surface area contributed by atoms with E-state index in [4.69, 9.17) is 21.1 Å². The number of aromatic nitrogens is 2. The van der Waals surface area contributed by atoms with Crippen LogP contribution in [0, 0.1) is 5.41 Å². The minimum absolute atomic E-state index is 0.0788. The van der Waals surface area contributed by atoms with E-state index in [1.165, 1.54) is 13.3 Å². The summed E-state index contributed by atoms with van der Waals surface area (Å²) < 4.78 is 10.6. The number of methoxy groups -OCH3 is 1. The zero-order chi connectivity index (χ0) is 19.9. The Morgan fingerprint density at radius 1 is 1.36 bits per heavy atom. The summed E-state index contributed by atoms with van der Waals surface area (Å²) in [6.07, 6.45) is 4.92. The summed E-state index contributed by atoms with van der Waals surface area (Å²) in [6.45, 7) is 1.05. The summed E-state index contributed by atoms with van der Waals surface area (Å²) in [7, 11) is 1.41. The molecule has 1 atom stereocenters. The first-order chi connectivity index (χ1) is 13.4. The van der Waals surface area contributed by atoms with E-state index >= 15 is 0 Å². The van der Waals surface area contributed by atoms with Crippen molar-refractivity contribution in [1.82, 2.24) is 15.5 Å². The quantitative estimate of drug-likeness (QED) is 0.724. The predicted molar refractivity (Wildman–Crippen MR) is 100 cm³/mol. The standard InChI is InChI=1S/C18H23ClN4O5/c1-27-15(25)17-3-5-18(10-17,6-4-17)21-16(26)28-11-2-7-23(9-11)12-8-20-22-14(24)13(12)19/h8,11H,2-7,9-10H2,1H3,(H,21,26)(H,22,24). The molecule has 2 bridgehead atoms. The minimum atomic E-state index is -0.468. The Bertz CT molecular complexity index is 849. The fourth-order valence-electron chi connectivity index (χ4n) is 4.91. The molecule has 1 aromatic rings. The number of halogens is 1. The first kappa shape index (κ1) is 19.0. The summed E-state index contributed by atoms with van der Waals surface area (Å²) in [6, 6.07) is 0. The van der Waals surface area contributed by atoms with Crippen LogP contribution in [0.15, 0.2) is 11.0 Å². The van der Waals surface area contributed by atoms with Crippen LogP contribution in [0.5, 0.6) is 0 Å². The smallest absolute Gasteiger partial charge is 0.407 e. The second-order valence-electron chi connectivity index (χ2n) is 8.01. The zero-order valence-corrected chi connectivity index (χ0v) is 16.4. The van der Waals surface area contributed by atoms with Gasteiger partial charge in [0.1, 0.15) is 11.1 Å². The fourth-order valence-corrected chi connectivity index (χ4v) is 5.12. The van der Waals surface area contributed by atoms with Gasteiger partial charge in [-0.25, -0.2) is 9.89 Å². The molecule has 10 heteroatoms. The first-order valence-corrected chi connectivity index (χ1v) is 9.80. The van der Waals surface area contributed by atoms with Crippen molar-refractivity contribution in [2.45, 2.75) is 50.2 Å². The van der Waals surface area contributed by atoms with Crippen molar-refractivity contribution < 1.29 is 19.1 Å². The van der Waals surface area contributed by atoms with Crippen LogP contribution in [0.2, 0.25) is 5.02 Å². The van der Waals surface area contributed by atoms with E-state index in [0.717, 1.165) is 25.7 Å². The molecule has 3 fully saturated rings. The summed E-state index contributed by atoms with van der Waals surface area (Å²) in [4.78, 5) is 38.1. The number of nitrogens with one attached hydrogen (secondary N) is 2. The van der Waals surface area contributed by atoms with Gasteiger partial charge in [-0.05, 0) is 32.1 Å². The van der Waals surface area contributed by atoms with Crippen LogP contribution in [-0.4, -0.2) is 54.1 Å². The predicted octanol–water partition coefficient (Wildman–Crippen LogP) is 1.60. The highest BCUT2D eigenvalue weighted by Crippen LogP contribution is 2.57. The molecule has 152 valence electrons. The molecule has 0 radical (unpaired) electrons. The molecule has 1 unspecified atom stereocenters. The van der Waals surface area contributed by atoms with E-state index in [1.54, 1.807) is 0 Å². The molecule has 1 aromatic heterocycles. The monoisotopic (exact) mass is 410 g/mol. The third-order valence-corrected chi connectivity index (χ3v) is 6.73. The maximum absolute atomic E-state index is 12.5. The topological polar surface area (TPSA) is 114 Å². The molecule has 2 N–H and O–H groups in total. The summed E-state index contributed by atoms with van der Waals surface area (Å²) >= 11 is 6.05. The molecule has 2 aliphatic carbocycles. The molecular formula is C18H23ClN4O5. The normalized spacial score (nSPS) is 31.1. The van der Waals surface area contributed by atoms with Gasteiger partial charge in [-0.1, -0.05) is 11.6 Å². The van der Waals surface area contributed by atoms with E-state index in [9.17, 15) is 14.4 Å². The molecule has 28 heavy (non-hydrogen) atoms. The maximum Gasteiger partial charge on any atom is 0.407 e. The van der Waals surface area contributed by atoms with Crippen LogP contribution in [0.4, 0.5) is 10.5 Å². The lowest BCUT2D eigenvalue weighted by Gasteiger charge is -2.28. The summed E-state index contributed by atoms with van der Waals surface area (Å²) in [5.74, 6) is -0.184. The number of fused-ring (bicyclic) bond motifs is 2. The average Bonchev–Trinajstić information content (AvgIpc) is 3.37. The molecule has 0 spiro atoms. The number of nitrogens with zero attached hydrogens (tertiary/aromatic N) is 2. The van der Waals surface area contributed by atoms with Gasteiger partial charge < -0.3 is 19.7 Å². The SMILES string of the molecule is COC(=O)C12CCC(NC(=O)OC3CCN(c4cn[nH]c(=O)c4Cl)C3)(CC1)C2. The highest BCUT2D eigenvalue weighted by atomic mass is 35.5. The number of hydrogen-bond acceptors (Lipinski definition) is 7. The van der Waals surface area contributed by atoms with Crippen molar-refractivity contribution in [3.63, 3.8) is 0 Å². The molecule has 2 saturated carbocycles. The molecule has 1 amide bonds. The Morgan fingerprint density at radius 3 is 2.82 bits per heavy atom. The van der Waals surface area contributed by atoms with Crippen molar-refractivity contribution in [1.29, 1.82) is 0 Å².